The predicted molar refractivity (Wildman–Crippen MR) is 119 cm³/mol. The molecular weight excluding hydrogens is 438 g/mol. The number of carbonyl (C=O) groups excluding carboxylic acids is 1. The molecule has 0 aliphatic heterocycles. The highest BCUT2D eigenvalue weighted by atomic mass is 35.5. The lowest BCUT2D eigenvalue weighted by molar-refractivity contribution is 0.0939. The maximum Gasteiger partial charge on any atom is 0.253 e. The Labute approximate surface area is 186 Å². The van der Waals surface area contributed by atoms with Gasteiger partial charge in [0.2, 0.25) is 10.0 Å². The van der Waals surface area contributed by atoms with E-state index in [2.05, 4.69) is 15.0 Å². The molecule has 0 saturated heterocycles. The highest BCUT2D eigenvalue weighted by Crippen LogP contribution is 2.21. The Kier molecular flexibility index (Phi) is 7.62. The van der Waals surface area contributed by atoms with Crippen LogP contribution in [-0.4, -0.2) is 32.5 Å². The summed E-state index contributed by atoms with van der Waals surface area (Å²) in [7, 11) is -3.85. The van der Waals surface area contributed by atoms with Crippen molar-refractivity contribution in [1.29, 1.82) is 0 Å². The maximum absolute atomic E-state index is 12.7. The summed E-state index contributed by atoms with van der Waals surface area (Å²) in [5.74, 6) is 0.154. The van der Waals surface area contributed by atoms with Crippen molar-refractivity contribution in [3.8, 4) is 5.75 Å². The van der Waals surface area contributed by atoms with Gasteiger partial charge in [-0.1, -0.05) is 35.9 Å². The van der Waals surface area contributed by atoms with E-state index < -0.39 is 15.9 Å². The van der Waals surface area contributed by atoms with Gasteiger partial charge in [0.15, 0.2) is 0 Å². The molecule has 0 saturated carbocycles. The summed E-state index contributed by atoms with van der Waals surface area (Å²) < 4.78 is 33.2. The molecule has 0 fully saturated rings. The molecule has 9 heteroatoms. The number of nitrogens with zero attached hydrogens (tertiary/aromatic N) is 1. The zero-order valence-electron chi connectivity index (χ0n) is 16.8. The third-order valence-electron chi connectivity index (χ3n) is 4.38. The SMILES string of the molecule is C[C@H](NC(=O)c1cc(S(=O)(=O)NCCOc2ccccc2)ccc1Cl)c1ccccn1. The molecule has 31 heavy (non-hydrogen) atoms. The predicted octanol–water partition coefficient (Wildman–Crippen LogP) is 3.58. The number of rotatable bonds is 9. The first-order chi connectivity index (χ1) is 14.9. The molecule has 162 valence electrons. The summed E-state index contributed by atoms with van der Waals surface area (Å²) in [6, 6.07) is 18.1. The fourth-order valence-electron chi connectivity index (χ4n) is 2.77. The molecule has 1 amide bonds. The summed E-state index contributed by atoms with van der Waals surface area (Å²) in [5.41, 5.74) is 0.740. The van der Waals surface area contributed by atoms with Crippen molar-refractivity contribution in [1.82, 2.24) is 15.0 Å². The van der Waals surface area contributed by atoms with Crippen LogP contribution in [0.1, 0.15) is 29.0 Å². The molecule has 2 aromatic carbocycles. The molecular formula is C22H22ClN3O4S. The van der Waals surface area contributed by atoms with Gasteiger partial charge < -0.3 is 10.1 Å². The number of para-hydroxylation sites is 1. The van der Waals surface area contributed by atoms with E-state index in [1.165, 1.54) is 18.2 Å². The van der Waals surface area contributed by atoms with Crippen LogP contribution < -0.4 is 14.8 Å². The number of nitrogens with one attached hydrogen (secondary N) is 2. The van der Waals surface area contributed by atoms with Gasteiger partial charge in [-0.3, -0.25) is 9.78 Å². The molecule has 1 heterocycles. The lowest BCUT2D eigenvalue weighted by atomic mass is 10.1. The minimum Gasteiger partial charge on any atom is -0.492 e. The maximum atomic E-state index is 12.7. The standard InChI is InChI=1S/C22H22ClN3O4S/c1-16(21-9-5-6-12-24-21)26-22(27)19-15-18(10-11-20(19)23)31(28,29)25-13-14-30-17-7-3-2-4-8-17/h2-12,15-16,25H,13-14H2,1H3,(H,26,27)/t16-/m0/s1. The first-order valence-corrected chi connectivity index (χ1v) is 11.4. The average Bonchev–Trinajstić information content (AvgIpc) is 2.78. The van der Waals surface area contributed by atoms with Crippen LogP contribution in [-0.2, 0) is 10.0 Å². The minimum absolute atomic E-state index is 0.0627. The van der Waals surface area contributed by atoms with Gasteiger partial charge in [0.05, 0.1) is 27.2 Å². The van der Waals surface area contributed by atoms with E-state index in [0.717, 1.165) is 0 Å². The molecule has 1 atom stereocenters. The Hall–Kier alpha value is -2.94. The van der Waals surface area contributed by atoms with Crippen LogP contribution in [0.5, 0.6) is 5.75 Å². The first-order valence-electron chi connectivity index (χ1n) is 9.55. The third-order valence-corrected chi connectivity index (χ3v) is 6.17. The van der Waals surface area contributed by atoms with E-state index in [4.69, 9.17) is 16.3 Å². The van der Waals surface area contributed by atoms with E-state index in [1.807, 2.05) is 24.3 Å². The Morgan fingerprint density at radius 2 is 1.84 bits per heavy atom. The molecule has 2 N–H and O–H groups in total. The van der Waals surface area contributed by atoms with E-state index >= 15 is 0 Å². The van der Waals surface area contributed by atoms with Gasteiger partial charge >= 0.3 is 0 Å². The minimum atomic E-state index is -3.85. The van der Waals surface area contributed by atoms with Crippen molar-refractivity contribution >= 4 is 27.5 Å². The van der Waals surface area contributed by atoms with Crippen molar-refractivity contribution in [3.05, 3.63) is 89.2 Å². The molecule has 0 bridgehead atoms. The van der Waals surface area contributed by atoms with Crippen LogP contribution in [0.4, 0.5) is 0 Å². The first kappa shape index (κ1) is 22.7. The lowest BCUT2D eigenvalue weighted by Gasteiger charge is -2.15. The number of aromatic nitrogens is 1. The summed E-state index contributed by atoms with van der Waals surface area (Å²) in [4.78, 5) is 16.8. The van der Waals surface area contributed by atoms with Gasteiger partial charge in [-0.15, -0.1) is 0 Å². The second kappa shape index (κ2) is 10.4. The lowest BCUT2D eigenvalue weighted by Crippen LogP contribution is -2.30. The van der Waals surface area contributed by atoms with Gasteiger partial charge in [-0.25, -0.2) is 13.1 Å². The largest absolute Gasteiger partial charge is 0.492 e. The fraction of sp³-hybridized carbons (Fsp3) is 0.182. The van der Waals surface area contributed by atoms with Crippen molar-refractivity contribution < 1.29 is 17.9 Å². The molecule has 0 aliphatic rings. The van der Waals surface area contributed by atoms with Gasteiger partial charge in [0, 0.05) is 12.7 Å². The summed E-state index contributed by atoms with van der Waals surface area (Å²) in [5, 5.41) is 2.93. The molecule has 0 radical (unpaired) electrons. The number of pyridine rings is 1. The van der Waals surface area contributed by atoms with Crippen molar-refractivity contribution in [2.75, 3.05) is 13.2 Å². The van der Waals surface area contributed by atoms with Crippen LogP contribution >= 0.6 is 11.6 Å². The normalized spacial score (nSPS) is 12.2. The van der Waals surface area contributed by atoms with E-state index in [1.54, 1.807) is 37.4 Å². The number of hydrogen-bond donors (Lipinski definition) is 2. The fourth-order valence-corrected chi connectivity index (χ4v) is 4.01. The van der Waals surface area contributed by atoms with Gasteiger partial charge in [0.1, 0.15) is 12.4 Å². The molecule has 0 aliphatic carbocycles. The third kappa shape index (κ3) is 6.27. The number of ether oxygens (including phenoxy) is 1. The summed E-state index contributed by atoms with van der Waals surface area (Å²) in [6.45, 7) is 2.01. The van der Waals surface area contributed by atoms with E-state index in [-0.39, 0.29) is 34.7 Å². The highest BCUT2D eigenvalue weighted by Gasteiger charge is 2.20. The monoisotopic (exact) mass is 459 g/mol. The number of sulfonamides is 1. The molecule has 1 aromatic heterocycles. The Balaban J connectivity index is 1.65. The van der Waals surface area contributed by atoms with Crippen LogP contribution in [0, 0.1) is 0 Å². The zero-order valence-corrected chi connectivity index (χ0v) is 18.4. The number of hydrogen-bond acceptors (Lipinski definition) is 5. The van der Waals surface area contributed by atoms with Crippen molar-refractivity contribution in [2.45, 2.75) is 17.9 Å². The highest BCUT2D eigenvalue weighted by molar-refractivity contribution is 7.89. The van der Waals surface area contributed by atoms with Crippen LogP contribution in [0.15, 0.2) is 77.8 Å². The Morgan fingerprint density at radius 1 is 1.10 bits per heavy atom. The number of halogens is 1. The van der Waals surface area contributed by atoms with E-state index in [9.17, 15) is 13.2 Å². The summed E-state index contributed by atoms with van der Waals surface area (Å²) in [6.07, 6.45) is 1.63. The molecule has 0 spiro atoms. The molecule has 7 nitrogen and oxygen atoms in total. The second-order valence-corrected chi connectivity index (χ2v) is 8.82. The molecule has 3 rings (SSSR count). The Bertz CT molecular complexity index is 1130. The van der Waals surface area contributed by atoms with Crippen molar-refractivity contribution in [2.24, 2.45) is 0 Å². The van der Waals surface area contributed by atoms with E-state index in [0.29, 0.717) is 11.4 Å². The number of amides is 1. The number of carbonyl (C=O) groups is 1. The van der Waals surface area contributed by atoms with Crippen molar-refractivity contribution in [3.63, 3.8) is 0 Å². The average molecular weight is 460 g/mol. The quantitative estimate of drug-likeness (QED) is 0.476. The second-order valence-electron chi connectivity index (χ2n) is 6.65. The summed E-state index contributed by atoms with van der Waals surface area (Å²) >= 11 is 6.15. The van der Waals surface area contributed by atoms with Gasteiger partial charge in [-0.2, -0.15) is 0 Å². The smallest absolute Gasteiger partial charge is 0.253 e. The van der Waals surface area contributed by atoms with Gasteiger partial charge in [0.25, 0.3) is 5.91 Å². The molecule has 0 unspecified atom stereocenters. The molecule has 3 aromatic rings. The van der Waals surface area contributed by atoms with Gasteiger partial charge in [-0.05, 0) is 49.4 Å². The number of benzene rings is 2. The Morgan fingerprint density at radius 3 is 2.55 bits per heavy atom. The van der Waals surface area contributed by atoms with Crippen LogP contribution in [0.25, 0.3) is 0 Å². The zero-order chi connectivity index (χ0) is 22.3. The van der Waals surface area contributed by atoms with Crippen LogP contribution in [0.3, 0.4) is 0 Å². The van der Waals surface area contributed by atoms with Crippen LogP contribution in [0.2, 0.25) is 5.02 Å². The topological polar surface area (TPSA) is 97.4 Å².